The van der Waals surface area contributed by atoms with Crippen molar-refractivity contribution in [1.82, 2.24) is 28.7 Å². The minimum Gasteiger partial charge on any atom is -0.308 e. The van der Waals surface area contributed by atoms with Gasteiger partial charge in [-0.2, -0.15) is 9.97 Å². The van der Waals surface area contributed by atoms with E-state index >= 15 is 0 Å². The fourth-order valence-corrected chi connectivity index (χ4v) is 8.09. The molecule has 6 heteroatoms. The molecule has 4 heterocycles. The van der Waals surface area contributed by atoms with Gasteiger partial charge in [-0.3, -0.25) is 4.57 Å². The highest BCUT2D eigenvalue weighted by Gasteiger charge is 2.27. The van der Waals surface area contributed by atoms with Crippen molar-refractivity contribution < 1.29 is 37.0 Å². The molecule has 0 fully saturated rings. The molecular weight excluding hydrogens is 793 g/mol. The summed E-state index contributed by atoms with van der Waals surface area (Å²) in [6, 6.07) is -16.8. The van der Waals surface area contributed by atoms with Crippen LogP contribution in [0, 0.1) is 0 Å². The number of rotatable bonds is 5. The lowest BCUT2D eigenvalue weighted by Crippen LogP contribution is -2.17. The molecule has 6 nitrogen and oxygen atoms in total. The molecule has 12 rings (SSSR count). The van der Waals surface area contributed by atoms with Crippen molar-refractivity contribution in [3.05, 3.63) is 192 Å². The lowest BCUT2D eigenvalue weighted by Gasteiger charge is -2.26. The Morgan fingerprint density at radius 2 is 0.708 bits per heavy atom. The molecule has 0 aliphatic heterocycles. The Morgan fingerprint density at radius 1 is 0.385 bits per heavy atom. The maximum absolute atomic E-state index is 10.1. The van der Waals surface area contributed by atoms with Crippen molar-refractivity contribution in [3.63, 3.8) is 0 Å². The molecule has 0 saturated heterocycles. The predicted molar refractivity (Wildman–Crippen MR) is 271 cm³/mol. The van der Waals surface area contributed by atoms with E-state index in [1.165, 1.54) is 18.2 Å². The summed E-state index contributed by atoms with van der Waals surface area (Å²) in [7, 11) is 0. The Morgan fingerprint density at radius 3 is 1.06 bits per heavy atom. The summed E-state index contributed by atoms with van der Waals surface area (Å²) < 4.78 is 254. The Bertz CT molecular complexity index is 5010. The van der Waals surface area contributed by atoms with E-state index < -0.39 is 273 Å². The van der Waals surface area contributed by atoms with Crippen molar-refractivity contribution in [2.75, 3.05) is 0 Å². The van der Waals surface area contributed by atoms with Crippen LogP contribution < -0.4 is 0 Å². The number of aromatic nitrogens is 6. The SMILES string of the molecule is [2H]c1c(-c2nc(-c3c(-n4c5c([2H])c([2H])c([2H])c([2H])c5c5c([2H])c([2H])c([2H])c([2H])c54)cccc3-n3c4c([2H])c([2H])c([2H])c([2H])c4c4c([2H])c([2H])c([2H])c([2H])c43)nc(-n3c4c([2H])c([2H])c([2H])c([2H])c4c4c([2H])c([2H])c([2H])c([2H])c43)n2)c([2H])c(C(C)(C)C)c([2H])c1C(C)(C)C. The molecule has 12 aromatic rings. The molecule has 0 unspecified atom stereocenters. The van der Waals surface area contributed by atoms with Gasteiger partial charge in [0.15, 0.2) is 11.6 Å². The number of hydrogen-bond donors (Lipinski definition) is 0. The van der Waals surface area contributed by atoms with Crippen LogP contribution in [0.15, 0.2) is 181 Å². The number of nitrogens with zero attached hydrogens (tertiary/aromatic N) is 6. The molecule has 0 N–H and O–H groups in total. The number of fused-ring (bicyclic) bond motifs is 9. The maximum atomic E-state index is 10.1. The topological polar surface area (TPSA) is 53.5 Å². The third kappa shape index (κ3) is 6.12. The molecule has 0 aliphatic carbocycles. The van der Waals surface area contributed by atoms with Gasteiger partial charge in [-0.05, 0) is 82.4 Å². The van der Waals surface area contributed by atoms with Gasteiger partial charge in [0.1, 0.15) is 0 Å². The fraction of sp³-hybridized carbons (Fsp3) is 0.136. The third-order valence-corrected chi connectivity index (χ3v) is 11.1. The molecule has 0 atom stereocenters. The lowest BCUT2D eigenvalue weighted by atomic mass is 9.79. The minimum absolute atomic E-state index is 0.0696. The molecule has 4 aromatic heterocycles. The van der Waals surface area contributed by atoms with Crippen molar-refractivity contribution in [2.45, 2.75) is 52.4 Å². The molecule has 0 radical (unpaired) electrons. The smallest absolute Gasteiger partial charge is 0.238 e. The standard InChI is InChI=1S/C59H48N6/c1-58(2,3)38-34-37(35-39(36-38)59(4,5)6)55-60-56(62-57(61-55)65-50-30-17-11-24-44(50)45-25-12-18-31-51(45)65)54-52(63-46-26-13-7-20-40(46)41-21-8-14-27-47(41)63)32-19-33-53(54)64-48-28-15-9-22-42(48)43-23-10-16-29-49(43)64/h7-36H,1-6H3/i7D,8D,9D,10D,11D,12D,13D,14D,15D,16D,17D,18D,20D,21D,22D,23D,24D,25D,26D,27D,28D,29D,30D,31D,34D,35D,36D. The van der Waals surface area contributed by atoms with Gasteiger partial charge < -0.3 is 9.13 Å². The van der Waals surface area contributed by atoms with Crippen LogP contribution in [0.1, 0.15) is 89.7 Å². The third-order valence-electron chi connectivity index (χ3n) is 11.1. The highest BCUT2D eigenvalue weighted by atomic mass is 15.2. The lowest BCUT2D eigenvalue weighted by molar-refractivity contribution is 0.569. The minimum atomic E-state index is -1.07. The van der Waals surface area contributed by atoms with Gasteiger partial charge in [-0.15, -0.1) is 0 Å². The molecule has 0 aliphatic rings. The Hall–Kier alpha value is -7.83. The van der Waals surface area contributed by atoms with Crippen LogP contribution in [0.2, 0.25) is 0 Å². The van der Waals surface area contributed by atoms with E-state index in [9.17, 15) is 20.6 Å². The van der Waals surface area contributed by atoms with Crippen LogP contribution in [0.3, 0.4) is 0 Å². The van der Waals surface area contributed by atoms with E-state index in [1.807, 2.05) is 0 Å². The number of benzene rings is 8. The summed E-state index contributed by atoms with van der Waals surface area (Å²) in [6.45, 7) is 10.3. The molecular formula is C59H48N6. The zero-order chi connectivity index (χ0) is 67.7. The summed E-state index contributed by atoms with van der Waals surface area (Å²) in [5.74, 6) is -2.16. The highest BCUT2D eigenvalue weighted by Crippen LogP contribution is 2.43. The van der Waals surface area contributed by atoms with Gasteiger partial charge in [0, 0.05) is 37.9 Å². The van der Waals surface area contributed by atoms with Crippen LogP contribution in [-0.4, -0.2) is 28.7 Å². The van der Waals surface area contributed by atoms with Crippen LogP contribution in [0.4, 0.5) is 0 Å². The second-order valence-corrected chi connectivity index (χ2v) is 17.3. The first-order valence-electron chi connectivity index (χ1n) is 33.8. The molecule has 65 heavy (non-hydrogen) atoms. The average molecular weight is 868 g/mol. The van der Waals surface area contributed by atoms with Crippen molar-refractivity contribution in [2.24, 2.45) is 0 Å². The van der Waals surface area contributed by atoms with Crippen molar-refractivity contribution in [3.8, 4) is 40.1 Å². The zero-order valence-electron chi connectivity index (χ0n) is 62.4. The Labute approximate surface area is 416 Å². The molecule has 0 spiro atoms. The van der Waals surface area contributed by atoms with Gasteiger partial charge in [0.25, 0.3) is 0 Å². The molecule has 0 saturated carbocycles. The van der Waals surface area contributed by atoms with E-state index in [4.69, 9.17) is 31.4 Å². The van der Waals surface area contributed by atoms with E-state index in [0.29, 0.717) is 0 Å². The normalized spacial score (nSPS) is 18.3. The van der Waals surface area contributed by atoms with E-state index in [-0.39, 0.29) is 17.2 Å². The average Bonchev–Trinajstić information content (AvgIpc) is 1.53. The summed E-state index contributed by atoms with van der Waals surface area (Å²) in [6.07, 6.45) is 0. The largest absolute Gasteiger partial charge is 0.308 e. The quantitative estimate of drug-likeness (QED) is 0.173. The first kappa shape index (κ1) is 19.9. The first-order chi connectivity index (χ1) is 42.8. The maximum Gasteiger partial charge on any atom is 0.238 e. The second-order valence-electron chi connectivity index (χ2n) is 17.3. The van der Waals surface area contributed by atoms with Crippen LogP contribution in [0.5, 0.6) is 0 Å². The summed E-state index contributed by atoms with van der Waals surface area (Å²) in [4.78, 5) is 15.0. The summed E-state index contributed by atoms with van der Waals surface area (Å²) in [5.41, 5.74) is -6.80. The fourth-order valence-electron chi connectivity index (χ4n) is 8.09. The molecule has 314 valence electrons. The van der Waals surface area contributed by atoms with E-state index in [2.05, 4.69) is 0 Å². The Kier molecular flexibility index (Phi) is 4.40. The molecule has 0 bridgehead atoms. The van der Waals surface area contributed by atoms with Crippen molar-refractivity contribution in [1.29, 1.82) is 0 Å². The van der Waals surface area contributed by atoms with E-state index in [1.54, 1.807) is 41.5 Å². The van der Waals surface area contributed by atoms with Gasteiger partial charge in [0.05, 0.1) is 87.0 Å². The second kappa shape index (κ2) is 14.3. The first-order valence-corrected chi connectivity index (χ1v) is 20.3. The van der Waals surface area contributed by atoms with Gasteiger partial charge in [-0.1, -0.05) is 162 Å². The predicted octanol–water partition coefficient (Wildman–Crippen LogP) is 15.1. The van der Waals surface area contributed by atoms with Gasteiger partial charge in [-0.25, -0.2) is 4.98 Å². The molecule has 8 aromatic carbocycles. The Balaban J connectivity index is 1.45. The monoisotopic (exact) mass is 868 g/mol. The summed E-state index contributed by atoms with van der Waals surface area (Å²) >= 11 is 0. The highest BCUT2D eigenvalue weighted by molar-refractivity contribution is 6.12. The zero-order valence-corrected chi connectivity index (χ0v) is 35.4. The van der Waals surface area contributed by atoms with Gasteiger partial charge in [0.2, 0.25) is 5.95 Å². The van der Waals surface area contributed by atoms with Crippen LogP contribution in [-0.2, 0) is 10.8 Å². The van der Waals surface area contributed by atoms with Crippen LogP contribution in [0.25, 0.3) is 106 Å². The van der Waals surface area contributed by atoms with Crippen LogP contribution >= 0.6 is 0 Å². The summed E-state index contributed by atoms with van der Waals surface area (Å²) in [5, 5.41) is -2.63. The molecule has 0 amide bonds. The van der Waals surface area contributed by atoms with Gasteiger partial charge >= 0.3 is 0 Å². The van der Waals surface area contributed by atoms with E-state index in [0.717, 1.165) is 13.7 Å². The number of para-hydroxylation sites is 6. The number of hydrogen-bond acceptors (Lipinski definition) is 3. The van der Waals surface area contributed by atoms with Crippen molar-refractivity contribution >= 4 is 65.4 Å².